The van der Waals surface area contributed by atoms with E-state index in [1.165, 1.54) is 32.5 Å². The largest absolute Gasteiger partial charge is 0.463 e. The van der Waals surface area contributed by atoms with Crippen LogP contribution in [0.25, 0.3) is 0 Å². The van der Waals surface area contributed by atoms with E-state index in [0.717, 1.165) is 12.2 Å². The molecular weight excluding hydrogens is 336 g/mol. The standard InChI is InChI=1S/C16H26O7S/c1-6-7-24-16-15(22-12(5)19)9(2)14(21-11(4)18)13(23-16)8-20-10(3)17/h9,13-16H,6-8H2,1-5H3/t9?,13?,14-,15+,16-/m1/s1. The fourth-order valence-corrected chi connectivity index (χ4v) is 3.71. The lowest BCUT2D eigenvalue weighted by Crippen LogP contribution is -2.56. The Morgan fingerprint density at radius 3 is 2.08 bits per heavy atom. The van der Waals surface area contributed by atoms with E-state index in [2.05, 4.69) is 0 Å². The summed E-state index contributed by atoms with van der Waals surface area (Å²) in [5, 5.41) is 0. The zero-order valence-corrected chi connectivity index (χ0v) is 15.6. The average Bonchev–Trinajstić information content (AvgIpc) is 2.48. The highest BCUT2D eigenvalue weighted by molar-refractivity contribution is 7.99. The molecule has 0 saturated carbocycles. The maximum Gasteiger partial charge on any atom is 0.303 e. The van der Waals surface area contributed by atoms with Gasteiger partial charge in [0.15, 0.2) is 0 Å². The van der Waals surface area contributed by atoms with Gasteiger partial charge in [0, 0.05) is 26.7 Å². The van der Waals surface area contributed by atoms with Crippen molar-refractivity contribution in [3.05, 3.63) is 0 Å². The third-order valence-electron chi connectivity index (χ3n) is 3.52. The fraction of sp³-hybridized carbons (Fsp3) is 0.812. The Balaban J connectivity index is 2.98. The highest BCUT2D eigenvalue weighted by atomic mass is 32.2. The van der Waals surface area contributed by atoms with Gasteiger partial charge in [-0.2, -0.15) is 0 Å². The van der Waals surface area contributed by atoms with Crippen molar-refractivity contribution in [1.29, 1.82) is 0 Å². The van der Waals surface area contributed by atoms with Crippen molar-refractivity contribution in [1.82, 2.24) is 0 Å². The predicted octanol–water partition coefficient (Wildman–Crippen LogP) is 1.92. The summed E-state index contributed by atoms with van der Waals surface area (Å²) in [5.74, 6) is -0.788. The van der Waals surface area contributed by atoms with E-state index >= 15 is 0 Å². The van der Waals surface area contributed by atoms with E-state index in [4.69, 9.17) is 18.9 Å². The normalized spacial score (nSPS) is 29.6. The minimum absolute atomic E-state index is 0.0202. The van der Waals surface area contributed by atoms with Gasteiger partial charge in [-0.3, -0.25) is 14.4 Å². The Hall–Kier alpha value is -1.28. The van der Waals surface area contributed by atoms with Crippen molar-refractivity contribution in [3.63, 3.8) is 0 Å². The molecule has 0 aromatic carbocycles. The molecule has 138 valence electrons. The van der Waals surface area contributed by atoms with Gasteiger partial charge in [0.1, 0.15) is 30.4 Å². The predicted molar refractivity (Wildman–Crippen MR) is 88.3 cm³/mol. The van der Waals surface area contributed by atoms with Gasteiger partial charge in [0.05, 0.1) is 0 Å². The summed E-state index contributed by atoms with van der Waals surface area (Å²) in [4.78, 5) is 34.0. The lowest BCUT2D eigenvalue weighted by molar-refractivity contribution is -0.212. The van der Waals surface area contributed by atoms with Crippen LogP contribution < -0.4 is 0 Å². The first-order valence-corrected chi connectivity index (χ1v) is 9.06. The molecule has 5 atom stereocenters. The Kier molecular flexibility index (Phi) is 8.55. The summed E-state index contributed by atoms with van der Waals surface area (Å²) in [7, 11) is 0. The van der Waals surface area contributed by atoms with Crippen LogP contribution in [0.3, 0.4) is 0 Å². The van der Waals surface area contributed by atoms with Crippen molar-refractivity contribution in [2.75, 3.05) is 12.4 Å². The van der Waals surface area contributed by atoms with Gasteiger partial charge in [-0.25, -0.2) is 0 Å². The maximum absolute atomic E-state index is 11.4. The average molecular weight is 362 g/mol. The minimum Gasteiger partial charge on any atom is -0.463 e. The first kappa shape index (κ1) is 20.8. The zero-order chi connectivity index (χ0) is 18.3. The van der Waals surface area contributed by atoms with Crippen LogP contribution in [0.4, 0.5) is 0 Å². The molecule has 7 nitrogen and oxygen atoms in total. The molecule has 0 N–H and O–H groups in total. The smallest absolute Gasteiger partial charge is 0.303 e. The third-order valence-corrected chi connectivity index (χ3v) is 4.87. The van der Waals surface area contributed by atoms with Crippen LogP contribution >= 0.6 is 11.8 Å². The number of ether oxygens (including phenoxy) is 4. The van der Waals surface area contributed by atoms with E-state index in [-0.39, 0.29) is 12.5 Å². The lowest BCUT2D eigenvalue weighted by Gasteiger charge is -2.43. The van der Waals surface area contributed by atoms with Crippen molar-refractivity contribution in [3.8, 4) is 0 Å². The number of thioether (sulfide) groups is 1. The van der Waals surface area contributed by atoms with Crippen LogP contribution in [0.1, 0.15) is 41.0 Å². The summed E-state index contributed by atoms with van der Waals surface area (Å²) in [6, 6.07) is 0. The second-order valence-corrected chi connectivity index (χ2v) is 6.93. The number of carbonyl (C=O) groups excluding carboxylic acids is 3. The van der Waals surface area contributed by atoms with Gasteiger partial charge < -0.3 is 18.9 Å². The molecule has 1 heterocycles. The highest BCUT2D eigenvalue weighted by Crippen LogP contribution is 2.36. The summed E-state index contributed by atoms with van der Waals surface area (Å²) in [6.45, 7) is 7.79. The molecule has 0 aliphatic carbocycles. The number of hydrogen-bond donors (Lipinski definition) is 0. The van der Waals surface area contributed by atoms with Gasteiger partial charge in [0.2, 0.25) is 0 Å². The quantitative estimate of drug-likeness (QED) is 0.501. The molecule has 0 aromatic rings. The third kappa shape index (κ3) is 6.32. The monoisotopic (exact) mass is 362 g/mol. The molecule has 0 radical (unpaired) electrons. The maximum atomic E-state index is 11.4. The molecule has 0 bridgehead atoms. The summed E-state index contributed by atoms with van der Waals surface area (Å²) < 4.78 is 21.8. The van der Waals surface area contributed by atoms with E-state index < -0.39 is 41.7 Å². The number of rotatable bonds is 7. The molecule has 1 aliphatic heterocycles. The second kappa shape index (κ2) is 9.88. The van der Waals surface area contributed by atoms with E-state index in [1.807, 2.05) is 13.8 Å². The molecule has 0 aromatic heterocycles. The van der Waals surface area contributed by atoms with Gasteiger partial charge in [0.25, 0.3) is 0 Å². The summed E-state index contributed by atoms with van der Waals surface area (Å²) >= 11 is 1.53. The first-order chi connectivity index (χ1) is 11.3. The number of carbonyl (C=O) groups is 3. The molecule has 1 rings (SSSR count). The van der Waals surface area contributed by atoms with Crippen LogP contribution in [-0.2, 0) is 33.3 Å². The molecule has 0 spiro atoms. The van der Waals surface area contributed by atoms with Gasteiger partial charge in [-0.15, -0.1) is 11.8 Å². The molecule has 8 heteroatoms. The Bertz CT molecular complexity index is 452. The number of esters is 3. The van der Waals surface area contributed by atoms with Crippen LogP contribution in [-0.4, -0.2) is 54.0 Å². The Labute approximate surface area is 146 Å². The van der Waals surface area contributed by atoms with E-state index in [0.29, 0.717) is 0 Å². The summed E-state index contributed by atoms with van der Waals surface area (Å²) in [6.07, 6.45) is -0.871. The van der Waals surface area contributed by atoms with Gasteiger partial charge in [-0.1, -0.05) is 13.8 Å². The minimum atomic E-state index is -0.662. The van der Waals surface area contributed by atoms with Gasteiger partial charge >= 0.3 is 17.9 Å². The van der Waals surface area contributed by atoms with Crippen LogP contribution in [0.2, 0.25) is 0 Å². The molecule has 2 unspecified atom stereocenters. The topological polar surface area (TPSA) is 88.1 Å². The molecule has 1 fully saturated rings. The number of hydrogen-bond acceptors (Lipinski definition) is 8. The fourth-order valence-electron chi connectivity index (χ4n) is 2.53. The zero-order valence-electron chi connectivity index (χ0n) is 14.8. The van der Waals surface area contributed by atoms with Crippen molar-refractivity contribution >= 4 is 29.7 Å². The SMILES string of the molecule is CCCS[C@H]1OC(COC(C)=O)[C@H](OC(C)=O)C(C)[C@@H]1OC(C)=O. The van der Waals surface area contributed by atoms with Crippen molar-refractivity contribution < 1.29 is 33.3 Å². The molecule has 1 aliphatic rings. The molecule has 1 saturated heterocycles. The molecule has 24 heavy (non-hydrogen) atoms. The summed E-state index contributed by atoms with van der Waals surface area (Å²) in [5.41, 5.74) is -0.406. The second-order valence-electron chi connectivity index (χ2n) is 5.72. The molecular formula is C16H26O7S. The lowest BCUT2D eigenvalue weighted by atomic mass is 9.91. The molecule has 0 amide bonds. The Morgan fingerprint density at radius 2 is 1.58 bits per heavy atom. The Morgan fingerprint density at radius 1 is 1.00 bits per heavy atom. The highest BCUT2D eigenvalue weighted by Gasteiger charge is 2.47. The van der Waals surface area contributed by atoms with E-state index in [9.17, 15) is 14.4 Å². The van der Waals surface area contributed by atoms with Gasteiger partial charge in [-0.05, 0) is 12.2 Å². The first-order valence-electron chi connectivity index (χ1n) is 8.01. The van der Waals surface area contributed by atoms with Crippen LogP contribution in [0.15, 0.2) is 0 Å². The van der Waals surface area contributed by atoms with Crippen LogP contribution in [0.5, 0.6) is 0 Å². The van der Waals surface area contributed by atoms with Crippen molar-refractivity contribution in [2.24, 2.45) is 5.92 Å². The van der Waals surface area contributed by atoms with Crippen LogP contribution in [0, 0.1) is 5.92 Å². The van der Waals surface area contributed by atoms with E-state index in [1.54, 1.807) is 0 Å². The van der Waals surface area contributed by atoms with Crippen molar-refractivity contribution in [2.45, 2.75) is 64.8 Å².